The molecule has 2 nitrogen and oxygen atoms in total. The first-order chi connectivity index (χ1) is 13.2. The third kappa shape index (κ3) is 4.32. The molecule has 0 aromatic heterocycles. The smallest absolute Gasteiger partial charge is 0.143 e. The molecule has 0 unspecified atom stereocenters. The minimum absolute atomic E-state index is 0.198. The first-order valence-corrected chi connectivity index (χ1v) is 10.2. The van der Waals surface area contributed by atoms with Crippen molar-refractivity contribution >= 4 is 22.6 Å². The van der Waals surface area contributed by atoms with Crippen LogP contribution in [0.1, 0.15) is 23.6 Å². The zero-order valence-electron chi connectivity index (χ0n) is 15.3. The van der Waals surface area contributed by atoms with Crippen LogP contribution in [0.2, 0.25) is 0 Å². The molecule has 0 radical (unpaired) electrons. The van der Waals surface area contributed by atoms with Crippen LogP contribution in [0.3, 0.4) is 0 Å². The van der Waals surface area contributed by atoms with Crippen LogP contribution in [0, 0.1) is 0 Å². The summed E-state index contributed by atoms with van der Waals surface area (Å²) in [5.74, 6) is 0. The Labute approximate surface area is 174 Å². The van der Waals surface area contributed by atoms with Gasteiger partial charge in [-0.15, -0.1) is 0 Å². The minimum Gasteiger partial charge on any atom is -0.386 e. The van der Waals surface area contributed by atoms with Gasteiger partial charge in [-0.2, -0.15) is 0 Å². The van der Waals surface area contributed by atoms with E-state index in [1.807, 2.05) is 65.6 Å². The highest BCUT2D eigenvalue weighted by molar-refractivity contribution is 14.1. The maximum atomic E-state index is 10.5. The number of aliphatic hydroxyl groups excluding tert-OH is 1. The van der Waals surface area contributed by atoms with E-state index in [9.17, 15) is 5.11 Å². The summed E-state index contributed by atoms with van der Waals surface area (Å²) in [4.78, 5) is 0. The average Bonchev–Trinajstić information content (AvgIpc) is 2.75. The Bertz CT molecular complexity index is 764. The molecule has 0 aliphatic heterocycles. The molecule has 0 saturated carbocycles. The fourth-order valence-electron chi connectivity index (χ4n) is 3.18. The molecule has 0 aliphatic rings. The van der Waals surface area contributed by atoms with Crippen molar-refractivity contribution in [3.63, 3.8) is 0 Å². The fourth-order valence-corrected chi connectivity index (χ4v) is 3.59. The zero-order chi connectivity index (χ0) is 19.1. The number of hydrogen-bond acceptors (Lipinski definition) is 2. The lowest BCUT2D eigenvalue weighted by atomic mass is 9.80. The van der Waals surface area contributed by atoms with Gasteiger partial charge in [-0.3, -0.25) is 0 Å². The Morgan fingerprint density at radius 1 is 0.852 bits per heavy atom. The van der Waals surface area contributed by atoms with Gasteiger partial charge in [0.2, 0.25) is 0 Å². The van der Waals surface area contributed by atoms with E-state index in [-0.39, 0.29) is 6.61 Å². The van der Waals surface area contributed by atoms with Crippen LogP contribution >= 0.6 is 22.6 Å². The van der Waals surface area contributed by atoms with Gasteiger partial charge in [0.15, 0.2) is 0 Å². The summed E-state index contributed by atoms with van der Waals surface area (Å²) in [6.07, 6.45) is -0.655. The molecule has 3 aromatic carbocycles. The van der Waals surface area contributed by atoms with Gasteiger partial charge in [0.05, 0.1) is 12.7 Å². The van der Waals surface area contributed by atoms with Crippen LogP contribution < -0.4 is 0 Å². The van der Waals surface area contributed by atoms with Crippen LogP contribution in [0.25, 0.3) is 0 Å². The fraction of sp³-hybridized carbons (Fsp3) is 0.167. The highest BCUT2D eigenvalue weighted by atomic mass is 127. The largest absolute Gasteiger partial charge is 0.386 e. The molecule has 0 saturated heterocycles. The molecule has 1 N–H and O–H groups in total. The molecular weight excluding hydrogens is 447 g/mol. The molecule has 0 amide bonds. The predicted molar refractivity (Wildman–Crippen MR) is 119 cm³/mol. The Morgan fingerprint density at radius 2 is 1.22 bits per heavy atom. The Hall–Kier alpha value is -1.95. The van der Waals surface area contributed by atoms with Gasteiger partial charge >= 0.3 is 0 Å². The van der Waals surface area contributed by atoms with Crippen molar-refractivity contribution in [2.75, 3.05) is 6.61 Å². The first-order valence-electron chi connectivity index (χ1n) is 8.94. The summed E-state index contributed by atoms with van der Waals surface area (Å²) >= 11 is 2.15. The van der Waals surface area contributed by atoms with Gasteiger partial charge in [-0.05, 0) is 33.3 Å². The molecule has 0 fully saturated rings. The Balaban J connectivity index is 2.17. The summed E-state index contributed by atoms with van der Waals surface area (Å²) in [7, 11) is 0. The molecule has 1 atom stereocenters. The quantitative estimate of drug-likeness (QED) is 0.355. The molecule has 3 heteroatoms. The highest BCUT2D eigenvalue weighted by Crippen LogP contribution is 2.40. The molecular formula is C24H23IO2. The summed E-state index contributed by atoms with van der Waals surface area (Å²) in [6.45, 7) is 2.11. The van der Waals surface area contributed by atoms with E-state index in [1.165, 1.54) is 0 Å². The number of ether oxygens (including phenoxy) is 1. The van der Waals surface area contributed by atoms with Crippen molar-refractivity contribution in [2.45, 2.75) is 18.6 Å². The van der Waals surface area contributed by atoms with Crippen molar-refractivity contribution in [3.8, 4) is 0 Å². The summed E-state index contributed by atoms with van der Waals surface area (Å²) in [5, 5.41) is 10.5. The van der Waals surface area contributed by atoms with Crippen LogP contribution in [-0.2, 0) is 10.3 Å². The number of aliphatic hydroxyl groups is 1. The van der Waals surface area contributed by atoms with Gasteiger partial charge in [-0.25, -0.2) is 0 Å². The number of hydrogen-bond donors (Lipinski definition) is 1. The van der Waals surface area contributed by atoms with Gasteiger partial charge < -0.3 is 9.84 Å². The summed E-state index contributed by atoms with van der Waals surface area (Å²) < 4.78 is 8.47. The summed E-state index contributed by atoms with van der Waals surface area (Å²) in [6, 6.07) is 30.6. The molecule has 0 aliphatic carbocycles. The Morgan fingerprint density at radius 3 is 1.56 bits per heavy atom. The van der Waals surface area contributed by atoms with Crippen molar-refractivity contribution in [1.82, 2.24) is 0 Å². The van der Waals surface area contributed by atoms with Gasteiger partial charge in [0.25, 0.3) is 0 Å². The monoisotopic (exact) mass is 470 g/mol. The standard InChI is InChI=1S/C24H23IO2/c1-19(17-25)23(26)18-27-24(20-11-5-2-6-12-20,21-13-7-3-8-14-21)22-15-9-4-10-16-22/h2-17,23,26H,18H2,1H3/b19-17+/t23-/m1/s1. The third-order valence-electron chi connectivity index (χ3n) is 4.70. The number of benzene rings is 3. The number of rotatable bonds is 7. The van der Waals surface area contributed by atoms with Crippen molar-refractivity contribution < 1.29 is 9.84 Å². The van der Waals surface area contributed by atoms with E-state index in [0.717, 1.165) is 22.3 Å². The lowest BCUT2D eigenvalue weighted by Gasteiger charge is -2.36. The summed E-state index contributed by atoms with van der Waals surface area (Å²) in [5.41, 5.74) is 3.19. The van der Waals surface area contributed by atoms with E-state index >= 15 is 0 Å². The van der Waals surface area contributed by atoms with Crippen molar-refractivity contribution in [3.05, 3.63) is 117 Å². The molecule has 0 bridgehead atoms. The molecule has 3 aromatic rings. The van der Waals surface area contributed by atoms with E-state index < -0.39 is 11.7 Å². The van der Waals surface area contributed by atoms with Crippen LogP contribution in [0.4, 0.5) is 0 Å². The average molecular weight is 470 g/mol. The van der Waals surface area contributed by atoms with Gasteiger partial charge in [-0.1, -0.05) is 114 Å². The zero-order valence-corrected chi connectivity index (χ0v) is 17.4. The molecule has 138 valence electrons. The molecule has 3 rings (SSSR count). The molecule has 0 spiro atoms. The predicted octanol–water partition coefficient (Wildman–Crippen LogP) is 5.69. The lowest BCUT2D eigenvalue weighted by molar-refractivity contribution is -0.0276. The van der Waals surface area contributed by atoms with Crippen LogP contribution in [-0.4, -0.2) is 17.8 Å². The van der Waals surface area contributed by atoms with Gasteiger partial charge in [0.1, 0.15) is 5.60 Å². The normalized spacial score (nSPS) is 13.4. The number of halogens is 1. The van der Waals surface area contributed by atoms with E-state index in [4.69, 9.17) is 4.74 Å². The molecule has 0 heterocycles. The van der Waals surface area contributed by atoms with E-state index in [1.54, 1.807) is 0 Å². The van der Waals surface area contributed by atoms with E-state index in [0.29, 0.717) is 0 Å². The van der Waals surface area contributed by atoms with Crippen LogP contribution in [0.15, 0.2) is 101 Å². The maximum Gasteiger partial charge on any atom is 0.143 e. The minimum atomic E-state index is -0.795. The third-order valence-corrected chi connectivity index (χ3v) is 5.68. The Kier molecular flexibility index (Phi) is 6.83. The topological polar surface area (TPSA) is 29.5 Å². The van der Waals surface area contributed by atoms with E-state index in [2.05, 4.69) is 59.0 Å². The SMILES string of the molecule is C/C(=C\I)[C@H](O)COC(c1ccccc1)(c1ccccc1)c1ccccc1. The highest BCUT2D eigenvalue weighted by Gasteiger charge is 2.38. The molecule has 27 heavy (non-hydrogen) atoms. The maximum absolute atomic E-state index is 10.5. The second kappa shape index (κ2) is 9.31. The van der Waals surface area contributed by atoms with Crippen LogP contribution in [0.5, 0.6) is 0 Å². The van der Waals surface area contributed by atoms with Gasteiger partial charge in [0, 0.05) is 0 Å². The van der Waals surface area contributed by atoms with Crippen molar-refractivity contribution in [1.29, 1.82) is 0 Å². The van der Waals surface area contributed by atoms with Crippen molar-refractivity contribution in [2.24, 2.45) is 0 Å². The first kappa shape index (κ1) is 19.8. The second-order valence-electron chi connectivity index (χ2n) is 6.46. The lowest BCUT2D eigenvalue weighted by Crippen LogP contribution is -2.36. The second-order valence-corrected chi connectivity index (χ2v) is 7.08.